The van der Waals surface area contributed by atoms with Gasteiger partial charge in [0.15, 0.2) is 0 Å². The van der Waals surface area contributed by atoms with Crippen molar-refractivity contribution in [3.8, 4) is 22.5 Å². The van der Waals surface area contributed by atoms with Crippen LogP contribution in [0.2, 0.25) is 0 Å². The highest BCUT2D eigenvalue weighted by atomic mass is 127. The monoisotopic (exact) mass is 376 g/mol. The largest absolute Gasteiger partial charge is 0.383 e. The zero-order chi connectivity index (χ0) is 14.1. The van der Waals surface area contributed by atoms with E-state index in [9.17, 15) is 0 Å². The Bertz CT molecular complexity index is 750. The Morgan fingerprint density at radius 2 is 1.85 bits per heavy atom. The quantitative estimate of drug-likeness (QED) is 0.698. The number of hydrogen-bond donors (Lipinski definition) is 1. The number of nitrogens with two attached hydrogens (primary N) is 1. The maximum atomic E-state index is 6.18. The van der Waals surface area contributed by atoms with Gasteiger partial charge in [-0.05, 0) is 40.8 Å². The van der Waals surface area contributed by atoms with E-state index < -0.39 is 0 Å². The molecule has 0 radical (unpaired) electrons. The van der Waals surface area contributed by atoms with Gasteiger partial charge in [-0.2, -0.15) is 5.10 Å². The van der Waals surface area contributed by atoms with Crippen molar-refractivity contribution in [2.75, 3.05) is 5.73 Å². The molecule has 2 aromatic heterocycles. The van der Waals surface area contributed by atoms with Crippen molar-refractivity contribution in [1.82, 2.24) is 14.8 Å². The van der Waals surface area contributed by atoms with Gasteiger partial charge in [0.25, 0.3) is 0 Å². The number of nitrogens with zero attached hydrogens (tertiary/aromatic N) is 3. The second-order valence-electron chi connectivity index (χ2n) is 4.43. The average Bonchev–Trinajstić information content (AvgIpc) is 2.76. The van der Waals surface area contributed by atoms with Gasteiger partial charge in [0, 0.05) is 22.4 Å². The van der Waals surface area contributed by atoms with Crippen molar-refractivity contribution in [2.24, 2.45) is 7.05 Å². The molecule has 3 rings (SSSR count). The fourth-order valence-electron chi connectivity index (χ4n) is 2.14. The van der Waals surface area contributed by atoms with Crippen LogP contribution in [0, 0.1) is 3.57 Å². The van der Waals surface area contributed by atoms with Gasteiger partial charge in [-0.1, -0.05) is 24.3 Å². The van der Waals surface area contributed by atoms with Gasteiger partial charge in [-0.25, -0.2) is 0 Å². The van der Waals surface area contributed by atoms with Crippen LogP contribution in [0.25, 0.3) is 22.5 Å². The van der Waals surface area contributed by atoms with E-state index in [0.717, 1.165) is 26.1 Å². The highest BCUT2D eigenvalue weighted by Gasteiger charge is 2.19. The van der Waals surface area contributed by atoms with E-state index in [1.165, 1.54) is 0 Å². The lowest BCUT2D eigenvalue weighted by Gasteiger charge is -2.05. The van der Waals surface area contributed by atoms with Crippen LogP contribution in [0.3, 0.4) is 0 Å². The Hall–Kier alpha value is -1.89. The van der Waals surface area contributed by atoms with Crippen LogP contribution in [0.5, 0.6) is 0 Å². The summed E-state index contributed by atoms with van der Waals surface area (Å²) >= 11 is 2.31. The van der Waals surface area contributed by atoms with E-state index in [1.54, 1.807) is 10.9 Å². The predicted octanol–water partition coefficient (Wildman–Crippen LogP) is 3.34. The highest BCUT2D eigenvalue weighted by Crippen LogP contribution is 2.36. The van der Waals surface area contributed by atoms with Crippen molar-refractivity contribution in [1.29, 1.82) is 0 Å². The van der Waals surface area contributed by atoms with Crippen molar-refractivity contribution in [3.63, 3.8) is 0 Å². The topological polar surface area (TPSA) is 56.7 Å². The summed E-state index contributed by atoms with van der Waals surface area (Å²) in [4.78, 5) is 4.40. The molecule has 0 saturated carbocycles. The maximum Gasteiger partial charge on any atom is 0.131 e. The van der Waals surface area contributed by atoms with Gasteiger partial charge in [0.05, 0.1) is 11.3 Å². The van der Waals surface area contributed by atoms with Crippen molar-refractivity contribution >= 4 is 28.4 Å². The number of pyridine rings is 1. The standard InChI is InChI=1S/C15H13IN4/c1-20-15(17)13(12-8-4-5-9-18-12)14(19-20)10-6-2-3-7-11(10)16/h2-9H,17H2,1H3. The molecule has 0 aliphatic heterocycles. The van der Waals surface area contributed by atoms with Crippen molar-refractivity contribution < 1.29 is 0 Å². The van der Waals surface area contributed by atoms with Gasteiger partial charge < -0.3 is 5.73 Å². The smallest absolute Gasteiger partial charge is 0.131 e. The molecule has 0 saturated heterocycles. The second-order valence-corrected chi connectivity index (χ2v) is 5.59. The van der Waals surface area contributed by atoms with Gasteiger partial charge in [-0.15, -0.1) is 0 Å². The summed E-state index contributed by atoms with van der Waals surface area (Å²) in [6.07, 6.45) is 1.77. The van der Waals surface area contributed by atoms with Crippen LogP contribution in [0.15, 0.2) is 48.7 Å². The summed E-state index contributed by atoms with van der Waals surface area (Å²) in [7, 11) is 1.85. The zero-order valence-corrected chi connectivity index (χ0v) is 13.1. The number of rotatable bonds is 2. The fourth-order valence-corrected chi connectivity index (χ4v) is 2.78. The molecule has 0 spiro atoms. The molecule has 1 aromatic carbocycles. The van der Waals surface area contributed by atoms with Crippen LogP contribution in [-0.2, 0) is 7.05 Å². The van der Waals surface area contributed by atoms with E-state index in [-0.39, 0.29) is 0 Å². The van der Waals surface area contributed by atoms with Crippen LogP contribution >= 0.6 is 22.6 Å². The minimum Gasteiger partial charge on any atom is -0.383 e. The molecular formula is C15H13IN4. The van der Waals surface area contributed by atoms with Gasteiger partial charge in [0.1, 0.15) is 11.5 Å². The molecule has 3 aromatic rings. The number of anilines is 1. The molecule has 2 heterocycles. The first-order valence-electron chi connectivity index (χ1n) is 6.17. The summed E-state index contributed by atoms with van der Waals surface area (Å²) in [5.41, 5.74) is 9.85. The molecule has 5 heteroatoms. The van der Waals surface area contributed by atoms with Crippen LogP contribution in [0.4, 0.5) is 5.82 Å². The molecule has 0 aliphatic rings. The third-order valence-corrected chi connectivity index (χ3v) is 4.08. The van der Waals surface area contributed by atoms with E-state index in [0.29, 0.717) is 5.82 Å². The minimum absolute atomic E-state index is 0.623. The lowest BCUT2D eigenvalue weighted by atomic mass is 10.0. The summed E-state index contributed by atoms with van der Waals surface area (Å²) < 4.78 is 2.84. The minimum atomic E-state index is 0.623. The Morgan fingerprint density at radius 1 is 1.10 bits per heavy atom. The van der Waals surface area contributed by atoms with Crippen molar-refractivity contribution in [3.05, 3.63) is 52.2 Å². The summed E-state index contributed by atoms with van der Waals surface area (Å²) in [6.45, 7) is 0. The van der Waals surface area contributed by atoms with E-state index in [2.05, 4.69) is 44.8 Å². The summed E-state index contributed by atoms with van der Waals surface area (Å²) in [5.74, 6) is 0.623. The molecule has 0 bridgehead atoms. The van der Waals surface area contributed by atoms with Gasteiger partial charge in [0.2, 0.25) is 0 Å². The summed E-state index contributed by atoms with van der Waals surface area (Å²) in [5, 5.41) is 4.56. The highest BCUT2D eigenvalue weighted by molar-refractivity contribution is 14.1. The molecule has 0 atom stereocenters. The molecule has 0 unspecified atom stereocenters. The van der Waals surface area contributed by atoms with Crippen LogP contribution < -0.4 is 5.73 Å². The Labute approximate surface area is 130 Å². The SMILES string of the molecule is Cn1nc(-c2ccccc2I)c(-c2ccccn2)c1N. The molecule has 0 aliphatic carbocycles. The number of aryl methyl sites for hydroxylation is 1. The normalized spacial score (nSPS) is 10.7. The Kier molecular flexibility index (Phi) is 3.43. The van der Waals surface area contributed by atoms with E-state index >= 15 is 0 Å². The maximum absolute atomic E-state index is 6.18. The number of benzene rings is 1. The fraction of sp³-hybridized carbons (Fsp3) is 0.0667. The molecule has 0 amide bonds. The first kappa shape index (κ1) is 13.1. The summed E-state index contributed by atoms with van der Waals surface area (Å²) in [6, 6.07) is 13.9. The predicted molar refractivity (Wildman–Crippen MR) is 89.0 cm³/mol. The molecule has 100 valence electrons. The van der Waals surface area contributed by atoms with Crippen molar-refractivity contribution in [2.45, 2.75) is 0 Å². The number of aromatic nitrogens is 3. The average molecular weight is 376 g/mol. The molecular weight excluding hydrogens is 363 g/mol. The first-order chi connectivity index (χ1) is 9.68. The Morgan fingerprint density at radius 3 is 2.55 bits per heavy atom. The number of halogens is 1. The number of hydrogen-bond acceptors (Lipinski definition) is 3. The van der Waals surface area contributed by atoms with Gasteiger partial charge >= 0.3 is 0 Å². The van der Waals surface area contributed by atoms with E-state index in [1.807, 2.05) is 37.4 Å². The lowest BCUT2D eigenvalue weighted by Crippen LogP contribution is -1.98. The number of nitrogen functional groups attached to an aromatic ring is 1. The first-order valence-corrected chi connectivity index (χ1v) is 7.25. The van der Waals surface area contributed by atoms with Gasteiger partial charge in [-0.3, -0.25) is 9.67 Å². The van der Waals surface area contributed by atoms with Crippen LogP contribution in [0.1, 0.15) is 0 Å². The zero-order valence-electron chi connectivity index (χ0n) is 10.9. The molecule has 2 N–H and O–H groups in total. The van der Waals surface area contributed by atoms with Crippen LogP contribution in [-0.4, -0.2) is 14.8 Å². The molecule has 0 fully saturated rings. The molecule has 20 heavy (non-hydrogen) atoms. The third-order valence-electron chi connectivity index (χ3n) is 3.14. The van der Waals surface area contributed by atoms with E-state index in [4.69, 9.17) is 5.73 Å². The molecule has 4 nitrogen and oxygen atoms in total. The lowest BCUT2D eigenvalue weighted by molar-refractivity contribution is 0.782. The second kappa shape index (κ2) is 5.24. The Balaban J connectivity index is 2.28. The third kappa shape index (κ3) is 2.18.